The van der Waals surface area contributed by atoms with E-state index in [2.05, 4.69) is 45.2 Å². The largest absolute Gasteiger partial charge is 0.393 e. The van der Waals surface area contributed by atoms with Crippen molar-refractivity contribution in [2.75, 3.05) is 0 Å². The summed E-state index contributed by atoms with van der Waals surface area (Å²) in [6, 6.07) is 0.186. The Hall–Kier alpha value is -0.830. The van der Waals surface area contributed by atoms with Crippen molar-refractivity contribution in [2.24, 2.45) is 11.3 Å². The second-order valence-corrected chi connectivity index (χ2v) is 6.20. The monoisotopic (exact) mass is 267 g/mol. The maximum atomic E-state index is 12.6. The van der Waals surface area contributed by atoms with Crippen LogP contribution < -0.4 is 5.32 Å². The molecule has 1 aliphatic rings. The third-order valence-corrected chi connectivity index (χ3v) is 4.33. The van der Waals surface area contributed by atoms with Gasteiger partial charge in [0, 0.05) is 6.04 Å². The van der Waals surface area contributed by atoms with Crippen LogP contribution in [0.25, 0.3) is 0 Å². The predicted octanol–water partition coefficient (Wildman–Crippen LogP) is 3.03. The number of allylic oxidation sites excluding steroid dienone is 1. The highest BCUT2D eigenvalue weighted by molar-refractivity contribution is 5.85. The van der Waals surface area contributed by atoms with E-state index in [4.69, 9.17) is 0 Å². The van der Waals surface area contributed by atoms with Crippen molar-refractivity contribution in [3.8, 4) is 0 Å². The summed E-state index contributed by atoms with van der Waals surface area (Å²) >= 11 is 0. The van der Waals surface area contributed by atoms with Gasteiger partial charge in [0.15, 0.2) is 0 Å². The number of carbonyl (C=O) groups is 1. The molecule has 1 unspecified atom stereocenters. The third kappa shape index (κ3) is 4.34. The maximum absolute atomic E-state index is 12.6. The molecule has 0 aromatic rings. The Kier molecular flexibility index (Phi) is 6.05. The summed E-state index contributed by atoms with van der Waals surface area (Å²) in [6.45, 7) is 8.36. The summed E-state index contributed by atoms with van der Waals surface area (Å²) in [4.78, 5) is 12.6. The van der Waals surface area contributed by atoms with Crippen LogP contribution in [0.3, 0.4) is 0 Å². The van der Waals surface area contributed by atoms with Gasteiger partial charge in [-0.15, -0.1) is 0 Å². The summed E-state index contributed by atoms with van der Waals surface area (Å²) in [5, 5.41) is 12.8. The third-order valence-electron chi connectivity index (χ3n) is 4.33. The SMILES string of the molecule is CCC=CC1(C(=O)NC(C)C(C)C)CCC(O)CC1. The van der Waals surface area contributed by atoms with E-state index < -0.39 is 5.41 Å². The molecule has 0 aromatic heterocycles. The minimum atomic E-state index is -0.404. The van der Waals surface area contributed by atoms with Crippen LogP contribution in [0, 0.1) is 11.3 Å². The average Bonchev–Trinajstić information content (AvgIpc) is 2.38. The molecular formula is C16H29NO2. The van der Waals surface area contributed by atoms with Gasteiger partial charge in [0.2, 0.25) is 5.91 Å². The van der Waals surface area contributed by atoms with Crippen LogP contribution >= 0.6 is 0 Å². The quantitative estimate of drug-likeness (QED) is 0.752. The first kappa shape index (κ1) is 16.2. The lowest BCUT2D eigenvalue weighted by molar-refractivity contribution is -0.132. The molecule has 1 saturated carbocycles. The Bertz CT molecular complexity index is 315. The molecule has 3 heteroatoms. The number of nitrogens with one attached hydrogen (secondary N) is 1. The molecule has 0 bridgehead atoms. The molecule has 110 valence electrons. The van der Waals surface area contributed by atoms with Gasteiger partial charge in [0.1, 0.15) is 0 Å². The molecule has 0 aliphatic heterocycles. The van der Waals surface area contributed by atoms with Crippen molar-refractivity contribution in [1.82, 2.24) is 5.32 Å². The van der Waals surface area contributed by atoms with Crippen LogP contribution in [0.15, 0.2) is 12.2 Å². The lowest BCUT2D eigenvalue weighted by atomic mass is 9.72. The normalized spacial score (nSPS) is 29.7. The predicted molar refractivity (Wildman–Crippen MR) is 78.8 cm³/mol. The van der Waals surface area contributed by atoms with E-state index in [1.165, 1.54) is 0 Å². The first-order chi connectivity index (χ1) is 8.91. The van der Waals surface area contributed by atoms with Gasteiger partial charge in [-0.05, 0) is 44.9 Å². The topological polar surface area (TPSA) is 49.3 Å². The molecule has 0 radical (unpaired) electrons. The van der Waals surface area contributed by atoms with Gasteiger partial charge in [-0.25, -0.2) is 0 Å². The number of rotatable bonds is 5. The minimum absolute atomic E-state index is 0.130. The zero-order chi connectivity index (χ0) is 14.5. The van der Waals surface area contributed by atoms with E-state index in [0.717, 1.165) is 32.1 Å². The van der Waals surface area contributed by atoms with Crippen molar-refractivity contribution in [1.29, 1.82) is 0 Å². The van der Waals surface area contributed by atoms with Crippen LogP contribution in [-0.2, 0) is 4.79 Å². The number of amides is 1. The second kappa shape index (κ2) is 7.09. The van der Waals surface area contributed by atoms with E-state index in [1.807, 2.05) is 0 Å². The van der Waals surface area contributed by atoms with Gasteiger partial charge in [0.25, 0.3) is 0 Å². The fourth-order valence-corrected chi connectivity index (χ4v) is 2.45. The standard InChI is InChI=1S/C16H29NO2/c1-5-6-9-16(10-7-14(18)8-11-16)15(19)17-13(4)12(2)3/h6,9,12-14,18H,5,7-8,10-11H2,1-4H3,(H,17,19). The van der Waals surface area contributed by atoms with Crippen molar-refractivity contribution in [3.05, 3.63) is 12.2 Å². The van der Waals surface area contributed by atoms with Crippen molar-refractivity contribution in [3.63, 3.8) is 0 Å². The second-order valence-electron chi connectivity index (χ2n) is 6.20. The van der Waals surface area contributed by atoms with Crippen LogP contribution in [0.1, 0.15) is 59.8 Å². The van der Waals surface area contributed by atoms with Gasteiger partial charge >= 0.3 is 0 Å². The van der Waals surface area contributed by atoms with Crippen molar-refractivity contribution in [2.45, 2.75) is 71.9 Å². The van der Waals surface area contributed by atoms with Gasteiger partial charge in [-0.2, -0.15) is 0 Å². The summed E-state index contributed by atoms with van der Waals surface area (Å²) in [7, 11) is 0. The summed E-state index contributed by atoms with van der Waals surface area (Å²) in [5.74, 6) is 0.565. The minimum Gasteiger partial charge on any atom is -0.393 e. The number of hydrogen-bond donors (Lipinski definition) is 2. The maximum Gasteiger partial charge on any atom is 0.230 e. The number of carbonyl (C=O) groups excluding carboxylic acids is 1. The number of aliphatic hydroxyl groups excluding tert-OH is 1. The van der Waals surface area contributed by atoms with E-state index in [0.29, 0.717) is 5.92 Å². The number of aliphatic hydroxyl groups is 1. The molecule has 3 nitrogen and oxygen atoms in total. The molecule has 1 aliphatic carbocycles. The van der Waals surface area contributed by atoms with E-state index in [9.17, 15) is 9.90 Å². The van der Waals surface area contributed by atoms with Gasteiger partial charge < -0.3 is 10.4 Å². The first-order valence-corrected chi connectivity index (χ1v) is 7.58. The highest BCUT2D eigenvalue weighted by atomic mass is 16.3. The van der Waals surface area contributed by atoms with E-state index in [-0.39, 0.29) is 18.1 Å². The highest BCUT2D eigenvalue weighted by Gasteiger charge is 2.39. The van der Waals surface area contributed by atoms with Gasteiger partial charge in [0.05, 0.1) is 11.5 Å². The Morgan fingerprint density at radius 2 is 1.95 bits per heavy atom. The van der Waals surface area contributed by atoms with Crippen LogP contribution in [0.5, 0.6) is 0 Å². The Balaban J connectivity index is 2.79. The molecule has 1 atom stereocenters. The molecule has 0 saturated heterocycles. The molecule has 0 spiro atoms. The van der Waals surface area contributed by atoms with Crippen molar-refractivity contribution < 1.29 is 9.90 Å². The smallest absolute Gasteiger partial charge is 0.230 e. The van der Waals surface area contributed by atoms with E-state index in [1.54, 1.807) is 0 Å². The highest BCUT2D eigenvalue weighted by Crippen LogP contribution is 2.38. The molecule has 0 heterocycles. The zero-order valence-electron chi connectivity index (χ0n) is 12.8. The molecule has 1 fully saturated rings. The van der Waals surface area contributed by atoms with Gasteiger partial charge in [-0.3, -0.25) is 4.79 Å². The summed E-state index contributed by atoms with van der Waals surface area (Å²) in [6.07, 6.45) is 7.80. The molecular weight excluding hydrogens is 238 g/mol. The summed E-state index contributed by atoms with van der Waals surface area (Å²) in [5.41, 5.74) is -0.404. The van der Waals surface area contributed by atoms with Crippen LogP contribution in [0.4, 0.5) is 0 Å². The zero-order valence-corrected chi connectivity index (χ0v) is 12.8. The fourth-order valence-electron chi connectivity index (χ4n) is 2.45. The van der Waals surface area contributed by atoms with Crippen molar-refractivity contribution >= 4 is 5.91 Å². The Labute approximate surface area is 117 Å². The van der Waals surface area contributed by atoms with Crippen LogP contribution in [-0.4, -0.2) is 23.2 Å². The molecule has 0 aromatic carbocycles. The molecule has 2 N–H and O–H groups in total. The summed E-state index contributed by atoms with van der Waals surface area (Å²) < 4.78 is 0. The first-order valence-electron chi connectivity index (χ1n) is 7.58. The molecule has 1 amide bonds. The number of hydrogen-bond acceptors (Lipinski definition) is 2. The average molecular weight is 267 g/mol. The fraction of sp³-hybridized carbons (Fsp3) is 0.812. The molecule has 1 rings (SSSR count). The lowest BCUT2D eigenvalue weighted by Gasteiger charge is -2.36. The van der Waals surface area contributed by atoms with E-state index >= 15 is 0 Å². The Morgan fingerprint density at radius 3 is 2.42 bits per heavy atom. The van der Waals surface area contributed by atoms with Crippen LogP contribution in [0.2, 0.25) is 0 Å². The lowest BCUT2D eigenvalue weighted by Crippen LogP contribution is -2.47. The Morgan fingerprint density at radius 1 is 1.37 bits per heavy atom. The molecule has 19 heavy (non-hydrogen) atoms. The van der Waals surface area contributed by atoms with Gasteiger partial charge in [-0.1, -0.05) is 32.9 Å².